The zero-order valence-electron chi connectivity index (χ0n) is 7.42. The van der Waals surface area contributed by atoms with Crippen molar-refractivity contribution in [2.45, 2.75) is 19.4 Å². The van der Waals surface area contributed by atoms with E-state index in [1.54, 1.807) is 12.3 Å². The minimum absolute atomic E-state index is 0.0167. The molecular formula is C9H12ClNO2. The molecule has 0 saturated carbocycles. The SMILES string of the molecule is CCC(NC(=O)CCl)c1ccco1. The molecule has 1 N–H and O–H groups in total. The Morgan fingerprint density at radius 1 is 1.77 bits per heavy atom. The van der Waals surface area contributed by atoms with Crippen molar-refractivity contribution >= 4 is 17.5 Å². The third kappa shape index (κ3) is 2.77. The van der Waals surface area contributed by atoms with Gasteiger partial charge in [-0.05, 0) is 18.6 Å². The molecule has 1 aromatic rings. The molecule has 0 aliphatic heterocycles. The van der Waals surface area contributed by atoms with Crippen molar-refractivity contribution in [2.75, 3.05) is 5.88 Å². The molecule has 4 heteroatoms. The van der Waals surface area contributed by atoms with E-state index in [4.69, 9.17) is 16.0 Å². The molecule has 0 radical (unpaired) electrons. The first-order valence-electron chi connectivity index (χ1n) is 4.16. The summed E-state index contributed by atoms with van der Waals surface area (Å²) in [5, 5.41) is 2.75. The van der Waals surface area contributed by atoms with Gasteiger partial charge in [0.25, 0.3) is 0 Å². The third-order valence-electron chi connectivity index (χ3n) is 1.75. The number of rotatable bonds is 4. The molecule has 0 bridgehead atoms. The molecule has 1 heterocycles. The first-order chi connectivity index (χ1) is 6.27. The molecule has 1 aromatic heterocycles. The Morgan fingerprint density at radius 3 is 3.00 bits per heavy atom. The largest absolute Gasteiger partial charge is 0.467 e. The van der Waals surface area contributed by atoms with Crippen LogP contribution in [0.25, 0.3) is 0 Å². The van der Waals surface area contributed by atoms with Crippen LogP contribution in [-0.2, 0) is 4.79 Å². The lowest BCUT2D eigenvalue weighted by atomic mass is 10.2. The van der Waals surface area contributed by atoms with Crippen molar-refractivity contribution in [3.63, 3.8) is 0 Å². The lowest BCUT2D eigenvalue weighted by Gasteiger charge is -2.12. The molecule has 3 nitrogen and oxygen atoms in total. The van der Waals surface area contributed by atoms with Crippen LogP contribution in [0.3, 0.4) is 0 Å². The number of carbonyl (C=O) groups excluding carboxylic acids is 1. The molecule has 1 atom stereocenters. The van der Waals surface area contributed by atoms with Gasteiger partial charge in [-0.3, -0.25) is 4.79 Å². The smallest absolute Gasteiger partial charge is 0.235 e. The van der Waals surface area contributed by atoms with E-state index in [1.165, 1.54) is 0 Å². The molecule has 0 fully saturated rings. The second-order valence-electron chi connectivity index (χ2n) is 2.68. The van der Waals surface area contributed by atoms with Crippen molar-refractivity contribution in [3.8, 4) is 0 Å². The minimum Gasteiger partial charge on any atom is -0.467 e. The van der Waals surface area contributed by atoms with E-state index >= 15 is 0 Å². The molecule has 0 aliphatic rings. The molecule has 72 valence electrons. The number of carbonyl (C=O) groups is 1. The molecule has 0 saturated heterocycles. The number of hydrogen-bond acceptors (Lipinski definition) is 2. The number of furan rings is 1. The standard InChI is InChI=1S/C9H12ClNO2/c1-2-7(11-9(12)6-10)8-4-3-5-13-8/h3-5,7H,2,6H2,1H3,(H,11,12). The normalized spacial score (nSPS) is 12.5. The van der Waals surface area contributed by atoms with E-state index in [9.17, 15) is 4.79 Å². The fourth-order valence-corrected chi connectivity index (χ4v) is 1.17. The second kappa shape index (κ2) is 4.92. The average Bonchev–Trinajstić information content (AvgIpc) is 2.66. The van der Waals surface area contributed by atoms with E-state index in [-0.39, 0.29) is 17.8 Å². The van der Waals surface area contributed by atoms with Gasteiger partial charge in [0.1, 0.15) is 11.6 Å². The van der Waals surface area contributed by atoms with Gasteiger partial charge in [-0.1, -0.05) is 6.92 Å². The Labute approximate surface area is 82.1 Å². The number of nitrogens with one attached hydrogen (secondary N) is 1. The number of halogens is 1. The van der Waals surface area contributed by atoms with Crippen molar-refractivity contribution < 1.29 is 9.21 Å². The molecule has 0 aliphatic carbocycles. The monoisotopic (exact) mass is 201 g/mol. The van der Waals surface area contributed by atoms with E-state index in [2.05, 4.69) is 5.32 Å². The van der Waals surface area contributed by atoms with E-state index in [0.29, 0.717) is 0 Å². The average molecular weight is 202 g/mol. The predicted molar refractivity (Wildman–Crippen MR) is 50.6 cm³/mol. The summed E-state index contributed by atoms with van der Waals surface area (Å²) in [6.07, 6.45) is 2.38. The summed E-state index contributed by atoms with van der Waals surface area (Å²) in [7, 11) is 0. The summed E-state index contributed by atoms with van der Waals surface area (Å²) in [6.45, 7) is 1.97. The quantitative estimate of drug-likeness (QED) is 0.758. The first-order valence-corrected chi connectivity index (χ1v) is 4.70. The highest BCUT2D eigenvalue weighted by Gasteiger charge is 2.13. The third-order valence-corrected chi connectivity index (χ3v) is 1.99. The van der Waals surface area contributed by atoms with Gasteiger partial charge in [-0.15, -0.1) is 11.6 Å². The molecule has 0 aromatic carbocycles. The van der Waals surface area contributed by atoms with Crippen LogP contribution in [-0.4, -0.2) is 11.8 Å². The summed E-state index contributed by atoms with van der Waals surface area (Å²) in [4.78, 5) is 11.0. The van der Waals surface area contributed by atoms with Gasteiger partial charge in [0.05, 0.1) is 12.3 Å². The van der Waals surface area contributed by atoms with Crippen LogP contribution in [0, 0.1) is 0 Å². The van der Waals surface area contributed by atoms with Crippen LogP contribution in [0.1, 0.15) is 25.1 Å². The lowest BCUT2D eigenvalue weighted by Crippen LogP contribution is -2.28. The Hall–Kier alpha value is -0.960. The van der Waals surface area contributed by atoms with Gasteiger partial charge < -0.3 is 9.73 Å². The maximum atomic E-state index is 11.0. The van der Waals surface area contributed by atoms with Crippen LogP contribution >= 0.6 is 11.6 Å². The number of alkyl halides is 1. The molecule has 1 rings (SSSR count). The summed E-state index contributed by atoms with van der Waals surface area (Å²) >= 11 is 5.37. The molecular weight excluding hydrogens is 190 g/mol. The van der Waals surface area contributed by atoms with Gasteiger partial charge >= 0.3 is 0 Å². The molecule has 13 heavy (non-hydrogen) atoms. The fourth-order valence-electron chi connectivity index (χ4n) is 1.10. The highest BCUT2D eigenvalue weighted by molar-refractivity contribution is 6.27. The zero-order valence-corrected chi connectivity index (χ0v) is 8.17. The van der Waals surface area contributed by atoms with Crippen LogP contribution in [0.4, 0.5) is 0 Å². The Morgan fingerprint density at radius 2 is 2.54 bits per heavy atom. The van der Waals surface area contributed by atoms with Crippen LogP contribution in [0.5, 0.6) is 0 Å². The number of hydrogen-bond donors (Lipinski definition) is 1. The van der Waals surface area contributed by atoms with Crippen LogP contribution in [0.2, 0.25) is 0 Å². The van der Waals surface area contributed by atoms with Crippen molar-refractivity contribution in [3.05, 3.63) is 24.2 Å². The lowest BCUT2D eigenvalue weighted by molar-refractivity contribution is -0.119. The summed E-state index contributed by atoms with van der Waals surface area (Å²) in [6, 6.07) is 3.56. The summed E-state index contributed by atoms with van der Waals surface area (Å²) in [5.41, 5.74) is 0. The minimum atomic E-state index is -0.176. The highest BCUT2D eigenvalue weighted by Crippen LogP contribution is 2.16. The number of amides is 1. The Bertz CT molecular complexity index is 259. The van der Waals surface area contributed by atoms with Gasteiger partial charge in [-0.2, -0.15) is 0 Å². The maximum Gasteiger partial charge on any atom is 0.235 e. The van der Waals surface area contributed by atoms with Gasteiger partial charge in [0, 0.05) is 0 Å². The maximum absolute atomic E-state index is 11.0. The van der Waals surface area contributed by atoms with Gasteiger partial charge in [0.15, 0.2) is 0 Å². The van der Waals surface area contributed by atoms with E-state index in [1.807, 2.05) is 13.0 Å². The van der Waals surface area contributed by atoms with Gasteiger partial charge in [-0.25, -0.2) is 0 Å². The Kier molecular flexibility index (Phi) is 3.83. The topological polar surface area (TPSA) is 42.2 Å². The second-order valence-corrected chi connectivity index (χ2v) is 2.94. The molecule has 1 unspecified atom stereocenters. The molecule has 1 amide bonds. The predicted octanol–water partition coefficient (Wildman–Crippen LogP) is 2.09. The molecule has 0 spiro atoms. The summed E-state index contributed by atoms with van der Waals surface area (Å²) in [5.74, 6) is 0.572. The van der Waals surface area contributed by atoms with Crippen LogP contribution in [0.15, 0.2) is 22.8 Å². The highest BCUT2D eigenvalue weighted by atomic mass is 35.5. The first kappa shape index (κ1) is 10.1. The van der Waals surface area contributed by atoms with E-state index in [0.717, 1.165) is 12.2 Å². The van der Waals surface area contributed by atoms with Gasteiger partial charge in [0.2, 0.25) is 5.91 Å². The van der Waals surface area contributed by atoms with Crippen LogP contribution < -0.4 is 5.32 Å². The van der Waals surface area contributed by atoms with Crippen molar-refractivity contribution in [2.24, 2.45) is 0 Å². The Balaban J connectivity index is 2.58. The van der Waals surface area contributed by atoms with Crippen molar-refractivity contribution in [1.29, 1.82) is 0 Å². The zero-order chi connectivity index (χ0) is 9.68. The summed E-state index contributed by atoms with van der Waals surface area (Å²) < 4.78 is 5.17. The van der Waals surface area contributed by atoms with Crippen molar-refractivity contribution in [1.82, 2.24) is 5.32 Å². The fraction of sp³-hybridized carbons (Fsp3) is 0.444. The van der Waals surface area contributed by atoms with E-state index < -0.39 is 0 Å².